The number of nitrogens with zero attached hydrogens (tertiary/aromatic N) is 1. The molecule has 1 aliphatic rings. The van der Waals surface area contributed by atoms with Crippen LogP contribution in [0, 0.1) is 5.82 Å². The van der Waals surface area contributed by atoms with Crippen molar-refractivity contribution in [1.29, 1.82) is 0 Å². The van der Waals surface area contributed by atoms with Crippen LogP contribution in [0.5, 0.6) is 5.75 Å². The van der Waals surface area contributed by atoms with Crippen LogP contribution < -0.4 is 15.0 Å². The molecule has 4 nitrogen and oxygen atoms in total. The summed E-state index contributed by atoms with van der Waals surface area (Å²) in [5.74, 6) is 0.812. The zero-order valence-electron chi connectivity index (χ0n) is 56.6. The third-order valence-corrected chi connectivity index (χ3v) is 14.8. The van der Waals surface area contributed by atoms with Crippen LogP contribution >= 0.6 is 11.6 Å². The Balaban J connectivity index is 0.000000261. The van der Waals surface area contributed by atoms with Gasteiger partial charge in [0.15, 0.2) is 0 Å². The molecule has 1 aliphatic heterocycles. The number of halogens is 2. The summed E-state index contributed by atoms with van der Waals surface area (Å²) in [5, 5.41) is 6.28. The van der Waals surface area contributed by atoms with Crippen molar-refractivity contribution in [3.05, 3.63) is 249 Å². The van der Waals surface area contributed by atoms with Crippen LogP contribution in [0.25, 0.3) is 10.8 Å². The molecule has 9 rings (SSSR count). The van der Waals surface area contributed by atoms with Gasteiger partial charge >= 0.3 is 0 Å². The molecule has 1 heterocycles. The van der Waals surface area contributed by atoms with E-state index in [1.54, 1.807) is 7.11 Å². The van der Waals surface area contributed by atoms with Crippen LogP contribution in [-0.2, 0) is 44.4 Å². The minimum atomic E-state index is -0.169. The van der Waals surface area contributed by atoms with E-state index in [1.807, 2.05) is 48.5 Å². The zero-order chi connectivity index (χ0) is 64.4. The predicted octanol–water partition coefficient (Wildman–Crippen LogP) is 22.2. The second kappa shape index (κ2) is 31.1. The largest absolute Gasteiger partial charge is 0.497 e. The molecule has 85 heavy (non-hydrogen) atoms. The van der Waals surface area contributed by atoms with Crippen LogP contribution in [0.4, 0.5) is 10.1 Å². The average Bonchev–Trinajstić information content (AvgIpc) is 2.81. The highest BCUT2D eigenvalue weighted by Crippen LogP contribution is 2.30. The molecule has 8 aromatic carbocycles. The van der Waals surface area contributed by atoms with Crippen molar-refractivity contribution in [3.63, 3.8) is 0 Å². The number of carbonyl (C=O) groups is 1. The van der Waals surface area contributed by atoms with Gasteiger partial charge in [-0.25, -0.2) is 4.39 Å². The Morgan fingerprint density at radius 1 is 0.400 bits per heavy atom. The third-order valence-electron chi connectivity index (χ3n) is 14.5. The maximum absolute atomic E-state index is 12.5. The molecule has 1 amide bonds. The molecule has 1 N–H and O–H groups in total. The quantitative estimate of drug-likeness (QED) is 0.188. The zero-order valence-corrected chi connectivity index (χ0v) is 57.4. The van der Waals surface area contributed by atoms with Gasteiger partial charge in [0.05, 0.1) is 7.11 Å². The van der Waals surface area contributed by atoms with E-state index in [0.29, 0.717) is 12.0 Å². The first-order valence-corrected chi connectivity index (χ1v) is 30.4. The van der Waals surface area contributed by atoms with Gasteiger partial charge in [0, 0.05) is 36.9 Å². The molecule has 0 aliphatic carbocycles. The number of methoxy groups -OCH3 is 1. The lowest BCUT2D eigenvalue weighted by Crippen LogP contribution is -2.14. The van der Waals surface area contributed by atoms with Crippen LogP contribution in [0.15, 0.2) is 188 Å². The van der Waals surface area contributed by atoms with E-state index in [1.165, 1.54) is 67.5 Å². The molecule has 0 fully saturated rings. The second-order valence-corrected chi connectivity index (χ2v) is 29.9. The van der Waals surface area contributed by atoms with Crippen molar-refractivity contribution >= 4 is 34.0 Å². The van der Waals surface area contributed by atoms with Crippen molar-refractivity contribution in [3.8, 4) is 5.75 Å². The molecule has 6 heteroatoms. The molecule has 458 valence electrons. The Labute approximate surface area is 521 Å². The summed E-state index contributed by atoms with van der Waals surface area (Å²) in [6.07, 6.45) is 0. The highest BCUT2D eigenvalue weighted by molar-refractivity contribution is 6.30. The standard InChI is InChI=1S/C14H16.C12H15NO.C12H19N.C11H16O.C10H13Cl.C10H13F.C10H14/c1-14(2,3)13-9-8-11-6-4-5-7-12(11)10-13;1-12(2,3)9-5-4-8-7-13-11(14)10(8)6-9;1-12(2,3)10-6-8-11(9-7-10)13(4)5;1-11(2,3)9-5-7-10(12-4)8-6-9;2*1-10(2,3)8-4-6-9(11)7-5-8;1-10(2,3)9-7-5-4-6-8-9/h4-10H,1-3H3;4-6H,7H2,1-3H3,(H,13,14);6-9H,1-5H3;5-8H,1-4H3;2*4-7H,1-3H3;4-8H,1-3H3. The first-order valence-electron chi connectivity index (χ1n) is 30.0. The Morgan fingerprint density at radius 3 is 1.14 bits per heavy atom. The number of rotatable bonds is 2. The fourth-order valence-electron chi connectivity index (χ4n) is 8.52. The summed E-state index contributed by atoms with van der Waals surface area (Å²) in [4.78, 5) is 13.6. The molecule has 0 saturated heterocycles. The van der Waals surface area contributed by atoms with E-state index in [9.17, 15) is 9.18 Å². The van der Waals surface area contributed by atoms with E-state index in [4.69, 9.17) is 16.3 Å². The Bertz CT molecular complexity index is 3180. The normalized spacial score (nSPS) is 12.2. The van der Waals surface area contributed by atoms with Crippen molar-refractivity contribution in [2.75, 3.05) is 26.1 Å². The van der Waals surface area contributed by atoms with Gasteiger partial charge in [-0.1, -0.05) is 290 Å². The number of fused-ring (bicyclic) bond motifs is 2. The van der Waals surface area contributed by atoms with Gasteiger partial charge in [-0.05, 0) is 148 Å². The first kappa shape index (κ1) is 72.6. The number of amides is 1. The number of benzene rings is 8. The van der Waals surface area contributed by atoms with Crippen LogP contribution in [0.3, 0.4) is 0 Å². The molecule has 0 atom stereocenters. The number of nitrogens with one attached hydrogen (secondary N) is 1. The number of carbonyl (C=O) groups excluding carboxylic acids is 1. The maximum atomic E-state index is 12.5. The number of ether oxygens (including phenoxy) is 1. The van der Waals surface area contributed by atoms with E-state index >= 15 is 0 Å². The van der Waals surface area contributed by atoms with Crippen LogP contribution in [-0.4, -0.2) is 27.1 Å². The summed E-state index contributed by atoms with van der Waals surface area (Å²) < 4.78 is 17.6. The van der Waals surface area contributed by atoms with Crippen molar-refractivity contribution in [2.45, 2.75) is 190 Å². The topological polar surface area (TPSA) is 41.6 Å². The average molecular weight is 1170 g/mol. The molecule has 0 unspecified atom stereocenters. The molecule has 8 aromatic rings. The van der Waals surface area contributed by atoms with Crippen molar-refractivity contribution in [1.82, 2.24) is 5.32 Å². The van der Waals surface area contributed by atoms with Crippen LogP contribution in [0.1, 0.15) is 200 Å². The van der Waals surface area contributed by atoms with Gasteiger partial charge in [-0.15, -0.1) is 0 Å². The van der Waals surface area contributed by atoms with Crippen LogP contribution in [0.2, 0.25) is 5.02 Å². The summed E-state index contributed by atoms with van der Waals surface area (Å²) in [6, 6.07) is 63.6. The van der Waals surface area contributed by atoms with Gasteiger partial charge in [0.1, 0.15) is 11.6 Å². The highest BCUT2D eigenvalue weighted by Gasteiger charge is 2.23. The number of hydrogen-bond acceptors (Lipinski definition) is 3. The van der Waals surface area contributed by atoms with Crippen molar-refractivity contribution in [2.24, 2.45) is 0 Å². The monoisotopic (exact) mass is 1170 g/mol. The van der Waals surface area contributed by atoms with Gasteiger partial charge in [-0.2, -0.15) is 0 Å². The minimum Gasteiger partial charge on any atom is -0.497 e. The molecule has 0 saturated carbocycles. The fraction of sp³-hybridized carbons (Fsp3) is 0.405. The highest BCUT2D eigenvalue weighted by atomic mass is 35.5. The molecular weight excluding hydrogens is 1060 g/mol. The smallest absolute Gasteiger partial charge is 0.251 e. The lowest BCUT2D eigenvalue weighted by molar-refractivity contribution is 0.0965. The predicted molar refractivity (Wildman–Crippen MR) is 371 cm³/mol. The SMILES string of the molecule is CC(C)(C)c1ccc(Cl)cc1.CC(C)(C)c1ccc(F)cc1.CC(C)(C)c1ccc2c(c1)C(=O)NC2.CC(C)(C)c1ccc2ccccc2c1.CC(C)(C)c1ccccc1.CN(C)c1ccc(C(C)(C)C)cc1.COc1ccc(C(C)(C)C)cc1. The van der Waals surface area contributed by atoms with Gasteiger partial charge in [0.25, 0.3) is 5.91 Å². The van der Waals surface area contributed by atoms with Crippen molar-refractivity contribution < 1.29 is 13.9 Å². The van der Waals surface area contributed by atoms with E-state index < -0.39 is 0 Å². The number of hydrogen-bond donors (Lipinski definition) is 1. The lowest BCUT2D eigenvalue weighted by Gasteiger charge is -2.20. The molecule has 0 spiro atoms. The van der Waals surface area contributed by atoms with E-state index in [0.717, 1.165) is 21.9 Å². The van der Waals surface area contributed by atoms with Gasteiger partial charge < -0.3 is 15.0 Å². The molecule has 0 aromatic heterocycles. The van der Waals surface area contributed by atoms with E-state index in [-0.39, 0.29) is 44.2 Å². The first-order chi connectivity index (χ1) is 39.1. The minimum absolute atomic E-state index is 0.0612. The molecular formula is C79H106ClFN2O2. The fourth-order valence-corrected chi connectivity index (χ4v) is 8.65. The molecule has 0 bridgehead atoms. The Morgan fingerprint density at radius 2 is 0.741 bits per heavy atom. The number of anilines is 1. The molecule has 0 radical (unpaired) electrons. The summed E-state index contributed by atoms with van der Waals surface area (Å²) >= 11 is 5.76. The lowest BCUT2D eigenvalue weighted by atomic mass is 9.85. The van der Waals surface area contributed by atoms with Gasteiger partial charge in [-0.3, -0.25) is 4.79 Å². The third kappa shape index (κ3) is 25.4. The summed E-state index contributed by atoms with van der Waals surface area (Å²) in [5.41, 5.74) is 13.9. The maximum Gasteiger partial charge on any atom is 0.251 e. The Kier molecular flexibility index (Phi) is 26.6. The summed E-state index contributed by atoms with van der Waals surface area (Å²) in [6.45, 7) is 46.8. The van der Waals surface area contributed by atoms with E-state index in [2.05, 4.69) is 297 Å². The second-order valence-electron chi connectivity index (χ2n) is 29.4. The summed E-state index contributed by atoms with van der Waals surface area (Å²) in [7, 11) is 5.81. The van der Waals surface area contributed by atoms with Gasteiger partial charge in [0.2, 0.25) is 0 Å². The Hall–Kier alpha value is -6.69.